The number of hydrogen-bond acceptors (Lipinski definition) is 1. The molecular weight excluding hydrogens is 300 g/mol. The number of rotatable bonds is 6. The van der Waals surface area contributed by atoms with E-state index in [4.69, 9.17) is 16.3 Å². The van der Waals surface area contributed by atoms with Gasteiger partial charge in [-0.3, -0.25) is 0 Å². The van der Waals surface area contributed by atoms with Crippen molar-refractivity contribution in [2.75, 3.05) is 11.9 Å². The molecule has 1 aromatic rings. The third-order valence-electron chi connectivity index (χ3n) is 3.46. The first-order valence-corrected chi connectivity index (χ1v) is 7.73. The largest absolute Gasteiger partial charge is 0.373 e. The number of hydrogen-bond donors (Lipinski definition) is 0. The van der Waals surface area contributed by atoms with Gasteiger partial charge in [0.15, 0.2) is 0 Å². The lowest BCUT2D eigenvalue weighted by Gasteiger charge is -2.26. The Hall–Kier alpha value is -0.0500. The Bertz CT molecular complexity index is 352. The Morgan fingerprint density at radius 2 is 2.12 bits per heavy atom. The molecule has 0 spiro atoms. The molecule has 17 heavy (non-hydrogen) atoms. The third-order valence-corrected chi connectivity index (χ3v) is 4.39. The van der Waals surface area contributed by atoms with Crippen molar-refractivity contribution in [1.29, 1.82) is 0 Å². The molecule has 94 valence electrons. The van der Waals surface area contributed by atoms with Crippen molar-refractivity contribution in [3.05, 3.63) is 34.9 Å². The Morgan fingerprint density at radius 1 is 1.35 bits per heavy atom. The molecule has 0 amide bonds. The normalized spacial score (nSPS) is 17.8. The van der Waals surface area contributed by atoms with Crippen LogP contribution in [0.3, 0.4) is 0 Å². The molecule has 0 aliphatic heterocycles. The lowest BCUT2D eigenvalue weighted by molar-refractivity contribution is 0.0521. The van der Waals surface area contributed by atoms with E-state index in [0.29, 0.717) is 0 Å². The third kappa shape index (κ3) is 3.70. The smallest absolute Gasteiger partial charge is 0.0935 e. The van der Waals surface area contributed by atoms with E-state index in [1.807, 2.05) is 24.3 Å². The molecule has 1 unspecified atom stereocenters. The monoisotopic (exact) mass is 316 g/mol. The molecule has 1 nitrogen and oxygen atoms in total. The van der Waals surface area contributed by atoms with Gasteiger partial charge in [-0.25, -0.2) is 0 Å². The second-order valence-electron chi connectivity index (χ2n) is 4.62. The molecule has 0 bridgehead atoms. The first-order chi connectivity index (χ1) is 8.31. The van der Waals surface area contributed by atoms with Crippen LogP contribution in [0.2, 0.25) is 5.02 Å². The molecule has 0 aromatic heterocycles. The van der Waals surface area contributed by atoms with E-state index in [0.717, 1.165) is 28.4 Å². The van der Waals surface area contributed by atoms with E-state index in [2.05, 4.69) is 15.9 Å². The lowest BCUT2D eigenvalue weighted by atomic mass is 9.83. The summed E-state index contributed by atoms with van der Waals surface area (Å²) in [6.07, 6.45) is 5.43. The predicted octanol–water partition coefficient (Wildman–Crippen LogP) is 4.98. The van der Waals surface area contributed by atoms with Gasteiger partial charge in [0.2, 0.25) is 0 Å². The molecule has 3 heteroatoms. The van der Waals surface area contributed by atoms with E-state index in [1.165, 1.54) is 25.7 Å². The minimum absolute atomic E-state index is 0.0729. The fraction of sp³-hybridized carbons (Fsp3) is 0.571. The topological polar surface area (TPSA) is 9.23 Å². The summed E-state index contributed by atoms with van der Waals surface area (Å²) in [5, 5.41) is 1.59. The van der Waals surface area contributed by atoms with Gasteiger partial charge in [-0.2, -0.15) is 0 Å². The van der Waals surface area contributed by atoms with Gasteiger partial charge >= 0.3 is 0 Å². The summed E-state index contributed by atoms with van der Waals surface area (Å²) < 4.78 is 5.93. The second kappa shape index (κ2) is 6.77. The standard InChI is InChI=1S/C14H18BrClO/c15-10-14(12-6-1-2-7-13(12)16)17-9-8-11-4-3-5-11/h1-2,6-7,11,14H,3-5,8-10H2. The van der Waals surface area contributed by atoms with Crippen LogP contribution < -0.4 is 0 Å². The number of benzene rings is 1. The van der Waals surface area contributed by atoms with Crippen molar-refractivity contribution in [2.24, 2.45) is 5.92 Å². The summed E-state index contributed by atoms with van der Waals surface area (Å²) in [6.45, 7) is 0.839. The summed E-state index contributed by atoms with van der Waals surface area (Å²) in [5.41, 5.74) is 1.08. The number of halogens is 2. The Labute approximate surface area is 117 Å². The molecule has 1 aliphatic rings. The van der Waals surface area contributed by atoms with Crippen LogP contribution in [0, 0.1) is 5.92 Å². The highest BCUT2D eigenvalue weighted by Gasteiger charge is 2.19. The van der Waals surface area contributed by atoms with Crippen molar-refractivity contribution >= 4 is 27.5 Å². The maximum atomic E-state index is 6.18. The summed E-state index contributed by atoms with van der Waals surface area (Å²) in [6, 6.07) is 7.91. The second-order valence-corrected chi connectivity index (χ2v) is 5.68. The van der Waals surface area contributed by atoms with E-state index in [9.17, 15) is 0 Å². The Kier molecular flexibility index (Phi) is 5.33. The molecule has 0 heterocycles. The van der Waals surface area contributed by atoms with Gasteiger partial charge in [0.25, 0.3) is 0 Å². The van der Waals surface area contributed by atoms with Crippen LogP contribution in [-0.2, 0) is 4.74 Å². The minimum Gasteiger partial charge on any atom is -0.373 e. The van der Waals surface area contributed by atoms with Crippen LogP contribution in [0.5, 0.6) is 0 Å². The summed E-state index contributed by atoms with van der Waals surface area (Å²) in [4.78, 5) is 0. The predicted molar refractivity (Wildman–Crippen MR) is 75.9 cm³/mol. The summed E-state index contributed by atoms with van der Waals surface area (Å²) in [5.74, 6) is 0.900. The molecule has 1 aliphatic carbocycles. The molecule has 0 radical (unpaired) electrons. The van der Waals surface area contributed by atoms with Crippen molar-refractivity contribution < 1.29 is 4.74 Å². The molecule has 1 aromatic carbocycles. The maximum absolute atomic E-state index is 6.18. The van der Waals surface area contributed by atoms with Gasteiger partial charge in [0, 0.05) is 22.5 Å². The van der Waals surface area contributed by atoms with Gasteiger partial charge in [0.05, 0.1) is 6.10 Å². The minimum atomic E-state index is 0.0729. The van der Waals surface area contributed by atoms with Gasteiger partial charge in [0.1, 0.15) is 0 Å². The zero-order chi connectivity index (χ0) is 12.1. The van der Waals surface area contributed by atoms with Crippen molar-refractivity contribution in [3.8, 4) is 0 Å². The molecule has 0 saturated heterocycles. The lowest BCUT2D eigenvalue weighted by Crippen LogP contribution is -2.15. The maximum Gasteiger partial charge on any atom is 0.0935 e. The van der Waals surface area contributed by atoms with Crippen LogP contribution in [0.15, 0.2) is 24.3 Å². The van der Waals surface area contributed by atoms with Crippen LogP contribution in [0.4, 0.5) is 0 Å². The van der Waals surface area contributed by atoms with Crippen molar-refractivity contribution in [3.63, 3.8) is 0 Å². The highest BCUT2D eigenvalue weighted by molar-refractivity contribution is 9.09. The first kappa shape index (κ1) is 13.4. The Morgan fingerprint density at radius 3 is 2.71 bits per heavy atom. The molecule has 1 fully saturated rings. The fourth-order valence-corrected chi connectivity index (χ4v) is 2.91. The quantitative estimate of drug-likeness (QED) is 0.672. The van der Waals surface area contributed by atoms with Crippen LogP contribution in [0.25, 0.3) is 0 Å². The van der Waals surface area contributed by atoms with Gasteiger partial charge in [-0.05, 0) is 18.4 Å². The van der Waals surface area contributed by atoms with Gasteiger partial charge in [-0.15, -0.1) is 0 Å². The SMILES string of the molecule is Clc1ccccc1C(CBr)OCCC1CCC1. The number of alkyl halides is 1. The average molecular weight is 318 g/mol. The zero-order valence-corrected chi connectivity index (χ0v) is 12.2. The van der Waals surface area contributed by atoms with Crippen molar-refractivity contribution in [1.82, 2.24) is 0 Å². The van der Waals surface area contributed by atoms with E-state index >= 15 is 0 Å². The fourth-order valence-electron chi connectivity index (χ4n) is 2.11. The van der Waals surface area contributed by atoms with E-state index < -0.39 is 0 Å². The Balaban J connectivity index is 1.85. The van der Waals surface area contributed by atoms with Crippen LogP contribution in [-0.4, -0.2) is 11.9 Å². The number of ether oxygens (including phenoxy) is 1. The molecule has 2 rings (SSSR count). The van der Waals surface area contributed by atoms with Crippen LogP contribution in [0.1, 0.15) is 37.4 Å². The molecule has 1 atom stereocenters. The summed E-state index contributed by atoms with van der Waals surface area (Å²) >= 11 is 9.68. The zero-order valence-electron chi connectivity index (χ0n) is 9.87. The molecule has 0 N–H and O–H groups in total. The van der Waals surface area contributed by atoms with Crippen LogP contribution >= 0.6 is 27.5 Å². The average Bonchev–Trinajstić information content (AvgIpc) is 2.28. The van der Waals surface area contributed by atoms with Crippen molar-refractivity contribution in [2.45, 2.75) is 31.8 Å². The highest BCUT2D eigenvalue weighted by Crippen LogP contribution is 2.31. The molecule has 1 saturated carbocycles. The first-order valence-electron chi connectivity index (χ1n) is 6.23. The van der Waals surface area contributed by atoms with E-state index in [-0.39, 0.29) is 6.10 Å². The van der Waals surface area contributed by atoms with E-state index in [1.54, 1.807) is 0 Å². The van der Waals surface area contributed by atoms with Gasteiger partial charge < -0.3 is 4.74 Å². The summed E-state index contributed by atoms with van der Waals surface area (Å²) in [7, 11) is 0. The van der Waals surface area contributed by atoms with Gasteiger partial charge in [-0.1, -0.05) is 65.0 Å². The molecular formula is C14H18BrClO. The highest BCUT2D eigenvalue weighted by atomic mass is 79.9.